The second-order valence-corrected chi connectivity index (χ2v) is 3.38. The van der Waals surface area contributed by atoms with E-state index in [1.807, 2.05) is 0 Å². The maximum absolute atomic E-state index is 10.7. The Morgan fingerprint density at radius 1 is 1.69 bits per heavy atom. The van der Waals surface area contributed by atoms with Gasteiger partial charge in [-0.15, -0.1) is 17.4 Å². The smallest absolute Gasteiger partial charge is 0.330 e. The highest BCUT2D eigenvalue weighted by Crippen LogP contribution is 2.21. The average molecular weight is 222 g/mol. The van der Waals surface area contributed by atoms with Gasteiger partial charge in [-0.2, -0.15) is 0 Å². The predicted octanol–water partition coefficient (Wildman–Crippen LogP) is 1.54. The van der Waals surface area contributed by atoms with Crippen molar-refractivity contribution in [3.8, 4) is 12.3 Å². The van der Waals surface area contributed by atoms with Gasteiger partial charge in [-0.3, -0.25) is 14.8 Å². The van der Waals surface area contributed by atoms with Gasteiger partial charge in [-0.25, -0.2) is 0 Å². The largest absolute Gasteiger partial charge is 0.363 e. The van der Waals surface area contributed by atoms with Crippen molar-refractivity contribution in [2.24, 2.45) is 7.05 Å². The summed E-state index contributed by atoms with van der Waals surface area (Å²) in [7, 11) is 1.65. The Hall–Kier alpha value is -2.03. The minimum Gasteiger partial charge on any atom is -0.363 e. The molecule has 1 aromatic rings. The van der Waals surface area contributed by atoms with Gasteiger partial charge >= 0.3 is 5.69 Å². The first kappa shape index (κ1) is 12.0. The molecule has 0 unspecified atom stereocenters. The second-order valence-electron chi connectivity index (χ2n) is 3.38. The van der Waals surface area contributed by atoms with Crippen LogP contribution in [0.2, 0.25) is 0 Å². The number of unbranched alkanes of at least 4 members (excludes halogenated alkanes) is 2. The van der Waals surface area contributed by atoms with E-state index in [4.69, 9.17) is 6.42 Å². The van der Waals surface area contributed by atoms with Crippen LogP contribution in [-0.4, -0.2) is 21.2 Å². The zero-order chi connectivity index (χ0) is 12.0. The van der Waals surface area contributed by atoms with Crippen LogP contribution in [0.4, 0.5) is 11.5 Å². The van der Waals surface area contributed by atoms with Gasteiger partial charge in [0.2, 0.25) is 5.82 Å². The molecule has 0 fully saturated rings. The summed E-state index contributed by atoms with van der Waals surface area (Å²) in [4.78, 5) is 10.2. The highest BCUT2D eigenvalue weighted by molar-refractivity contribution is 5.54. The summed E-state index contributed by atoms with van der Waals surface area (Å²) in [6.45, 7) is 0.638. The van der Waals surface area contributed by atoms with Gasteiger partial charge in [0.1, 0.15) is 6.20 Å². The van der Waals surface area contributed by atoms with E-state index in [0.717, 1.165) is 19.3 Å². The van der Waals surface area contributed by atoms with Crippen molar-refractivity contribution in [1.82, 2.24) is 9.78 Å². The molecule has 6 nitrogen and oxygen atoms in total. The maximum Gasteiger partial charge on any atom is 0.330 e. The first-order chi connectivity index (χ1) is 7.65. The van der Waals surface area contributed by atoms with E-state index in [1.54, 1.807) is 7.05 Å². The third-order valence-corrected chi connectivity index (χ3v) is 2.05. The molecule has 1 rings (SSSR count). The normalized spacial score (nSPS) is 9.75. The fourth-order valence-corrected chi connectivity index (χ4v) is 1.29. The van der Waals surface area contributed by atoms with Crippen LogP contribution < -0.4 is 5.32 Å². The Morgan fingerprint density at radius 3 is 3.06 bits per heavy atom. The van der Waals surface area contributed by atoms with Crippen molar-refractivity contribution < 1.29 is 4.92 Å². The van der Waals surface area contributed by atoms with Gasteiger partial charge in [0.25, 0.3) is 0 Å². The number of rotatable bonds is 6. The lowest BCUT2D eigenvalue weighted by Gasteiger charge is -2.00. The van der Waals surface area contributed by atoms with Gasteiger partial charge in [-0.1, -0.05) is 0 Å². The van der Waals surface area contributed by atoms with Crippen LogP contribution in [0, 0.1) is 22.5 Å². The minimum atomic E-state index is -0.448. The van der Waals surface area contributed by atoms with Crippen molar-refractivity contribution in [3.63, 3.8) is 0 Å². The zero-order valence-corrected chi connectivity index (χ0v) is 9.14. The molecule has 0 bridgehead atoms. The molecule has 0 atom stereocenters. The monoisotopic (exact) mass is 222 g/mol. The van der Waals surface area contributed by atoms with Gasteiger partial charge in [-0.05, 0) is 12.8 Å². The predicted molar refractivity (Wildman–Crippen MR) is 61.0 cm³/mol. The Bertz CT molecular complexity index is 405. The minimum absolute atomic E-state index is 0.000509. The highest BCUT2D eigenvalue weighted by atomic mass is 16.6. The maximum atomic E-state index is 10.7. The molecule has 1 aromatic heterocycles. The van der Waals surface area contributed by atoms with Crippen molar-refractivity contribution in [3.05, 3.63) is 16.3 Å². The van der Waals surface area contributed by atoms with Crippen molar-refractivity contribution in [2.45, 2.75) is 19.3 Å². The van der Waals surface area contributed by atoms with Crippen LogP contribution in [0.3, 0.4) is 0 Å². The van der Waals surface area contributed by atoms with Gasteiger partial charge in [0.05, 0.1) is 4.92 Å². The summed E-state index contributed by atoms with van der Waals surface area (Å²) in [6, 6.07) is 0. The molecule has 0 aliphatic carbocycles. The quantitative estimate of drug-likeness (QED) is 0.343. The van der Waals surface area contributed by atoms with E-state index in [-0.39, 0.29) is 5.69 Å². The molecule has 1 N–H and O–H groups in total. The SMILES string of the molecule is C#CCCCCNc1nn(C)cc1[N+](=O)[O-]. The van der Waals surface area contributed by atoms with E-state index >= 15 is 0 Å². The van der Waals surface area contributed by atoms with E-state index in [0.29, 0.717) is 12.4 Å². The molecular formula is C10H14N4O2. The molecule has 0 aliphatic heterocycles. The summed E-state index contributed by atoms with van der Waals surface area (Å²) in [6.07, 6.45) is 9.00. The van der Waals surface area contributed by atoms with E-state index in [1.165, 1.54) is 10.9 Å². The third-order valence-electron chi connectivity index (χ3n) is 2.05. The van der Waals surface area contributed by atoms with E-state index < -0.39 is 4.92 Å². The fraction of sp³-hybridized carbons (Fsp3) is 0.500. The number of nitrogens with zero attached hydrogens (tertiary/aromatic N) is 3. The number of anilines is 1. The Kier molecular flexibility index (Phi) is 4.33. The summed E-state index contributed by atoms with van der Waals surface area (Å²) >= 11 is 0. The number of nitrogens with one attached hydrogen (secondary N) is 1. The molecule has 0 amide bonds. The Labute approximate surface area is 93.8 Å². The lowest BCUT2D eigenvalue weighted by Crippen LogP contribution is -2.04. The van der Waals surface area contributed by atoms with Gasteiger partial charge in [0, 0.05) is 20.0 Å². The Morgan fingerprint density at radius 2 is 2.44 bits per heavy atom. The number of aromatic nitrogens is 2. The molecule has 0 saturated heterocycles. The van der Waals surface area contributed by atoms with Gasteiger partial charge < -0.3 is 5.32 Å². The molecule has 0 aliphatic rings. The van der Waals surface area contributed by atoms with Gasteiger partial charge in [0.15, 0.2) is 0 Å². The van der Waals surface area contributed by atoms with Crippen molar-refractivity contribution in [1.29, 1.82) is 0 Å². The number of hydrogen-bond acceptors (Lipinski definition) is 4. The lowest BCUT2D eigenvalue weighted by molar-refractivity contribution is -0.384. The first-order valence-corrected chi connectivity index (χ1v) is 5.00. The fourth-order valence-electron chi connectivity index (χ4n) is 1.29. The molecule has 0 saturated carbocycles. The molecule has 0 spiro atoms. The third kappa shape index (κ3) is 3.28. The molecule has 6 heteroatoms. The lowest BCUT2D eigenvalue weighted by atomic mass is 10.2. The van der Waals surface area contributed by atoms with Crippen LogP contribution in [0.1, 0.15) is 19.3 Å². The van der Waals surface area contributed by atoms with Crippen molar-refractivity contribution >= 4 is 11.5 Å². The number of nitro groups is 1. The number of hydrogen-bond donors (Lipinski definition) is 1. The van der Waals surface area contributed by atoms with Crippen LogP contribution in [0.15, 0.2) is 6.20 Å². The molecule has 1 heterocycles. The van der Waals surface area contributed by atoms with Crippen LogP contribution in [0.25, 0.3) is 0 Å². The highest BCUT2D eigenvalue weighted by Gasteiger charge is 2.17. The van der Waals surface area contributed by atoms with Crippen LogP contribution >= 0.6 is 0 Å². The first-order valence-electron chi connectivity index (χ1n) is 5.00. The van der Waals surface area contributed by atoms with Crippen LogP contribution in [0.5, 0.6) is 0 Å². The standard InChI is InChI=1S/C10H14N4O2/c1-3-4-5-6-7-11-10-9(14(15)16)8-13(2)12-10/h1,8H,4-7H2,2H3,(H,11,12). The summed E-state index contributed by atoms with van der Waals surface area (Å²) in [5.41, 5.74) is -0.000509. The summed E-state index contributed by atoms with van der Waals surface area (Å²) < 4.78 is 1.42. The van der Waals surface area contributed by atoms with Crippen molar-refractivity contribution in [2.75, 3.05) is 11.9 Å². The molecule has 0 radical (unpaired) electrons. The summed E-state index contributed by atoms with van der Waals surface area (Å²) in [5.74, 6) is 2.86. The summed E-state index contributed by atoms with van der Waals surface area (Å²) in [5, 5.41) is 17.6. The van der Waals surface area contributed by atoms with Crippen LogP contribution in [-0.2, 0) is 7.05 Å². The number of aryl methyl sites for hydroxylation is 1. The van der Waals surface area contributed by atoms with E-state index in [2.05, 4.69) is 16.3 Å². The zero-order valence-electron chi connectivity index (χ0n) is 9.14. The molecular weight excluding hydrogens is 208 g/mol. The topological polar surface area (TPSA) is 73.0 Å². The second kappa shape index (κ2) is 5.75. The Balaban J connectivity index is 2.47. The van der Waals surface area contributed by atoms with E-state index in [9.17, 15) is 10.1 Å². The molecule has 0 aromatic carbocycles. The molecule has 16 heavy (non-hydrogen) atoms. The molecule has 86 valence electrons. The number of terminal acetylenes is 1. The average Bonchev–Trinajstić information content (AvgIpc) is 2.59.